The summed E-state index contributed by atoms with van der Waals surface area (Å²) >= 11 is 0. The molecule has 1 aromatic carbocycles. The maximum Gasteiger partial charge on any atom is 0.337 e. The van der Waals surface area contributed by atoms with Crippen molar-refractivity contribution < 1.29 is 19.1 Å². The molecule has 0 spiro atoms. The quantitative estimate of drug-likeness (QED) is 0.594. The van der Waals surface area contributed by atoms with E-state index < -0.39 is 5.97 Å². The van der Waals surface area contributed by atoms with Gasteiger partial charge in [-0.1, -0.05) is 25.1 Å². The number of esters is 1. The standard InChI is InChI=1S/C22H30N4O4/c1-3-17-19(21(28)30-4-2)18(25-22(29)24-17)14-26-12-10-15(11-13-26)20(27)23-16-8-6-5-7-9-16/h5-9,15,17H,3-4,10-14H2,1-2H3,(H,23,27)(H2,24,25,29). The molecule has 3 N–H and O–H groups in total. The molecule has 0 radical (unpaired) electrons. The number of anilines is 1. The summed E-state index contributed by atoms with van der Waals surface area (Å²) in [6.45, 7) is 5.84. The summed E-state index contributed by atoms with van der Waals surface area (Å²) in [4.78, 5) is 39.2. The molecule has 1 saturated heterocycles. The molecule has 8 heteroatoms. The van der Waals surface area contributed by atoms with Gasteiger partial charge < -0.3 is 20.7 Å². The molecular formula is C22H30N4O4. The zero-order valence-corrected chi connectivity index (χ0v) is 17.6. The second-order valence-corrected chi connectivity index (χ2v) is 7.58. The van der Waals surface area contributed by atoms with Crippen molar-refractivity contribution in [3.63, 3.8) is 0 Å². The topological polar surface area (TPSA) is 99.8 Å². The Morgan fingerprint density at radius 3 is 2.50 bits per heavy atom. The zero-order chi connectivity index (χ0) is 21.5. The minimum Gasteiger partial charge on any atom is -0.463 e. The molecule has 2 heterocycles. The van der Waals surface area contributed by atoms with Gasteiger partial charge >= 0.3 is 12.0 Å². The summed E-state index contributed by atoms with van der Waals surface area (Å²) in [5.41, 5.74) is 1.89. The fraction of sp³-hybridized carbons (Fsp3) is 0.500. The third kappa shape index (κ3) is 5.38. The number of hydrogen-bond donors (Lipinski definition) is 3. The molecule has 0 aromatic heterocycles. The van der Waals surface area contributed by atoms with Gasteiger partial charge in [-0.2, -0.15) is 0 Å². The second kappa shape index (κ2) is 10.2. The summed E-state index contributed by atoms with van der Waals surface area (Å²) in [6.07, 6.45) is 2.06. The number of rotatable bonds is 7. The van der Waals surface area contributed by atoms with Crippen LogP contribution in [0.4, 0.5) is 10.5 Å². The number of nitrogens with zero attached hydrogens (tertiary/aromatic N) is 1. The lowest BCUT2D eigenvalue weighted by molar-refractivity contribution is -0.139. The fourth-order valence-corrected chi connectivity index (χ4v) is 3.93. The van der Waals surface area contributed by atoms with E-state index in [2.05, 4.69) is 20.9 Å². The Morgan fingerprint density at radius 1 is 1.17 bits per heavy atom. The number of carbonyl (C=O) groups excluding carboxylic acids is 3. The summed E-state index contributed by atoms with van der Waals surface area (Å²) in [6, 6.07) is 8.79. The third-order valence-electron chi connectivity index (χ3n) is 5.53. The third-order valence-corrected chi connectivity index (χ3v) is 5.53. The van der Waals surface area contributed by atoms with E-state index in [1.165, 1.54) is 0 Å². The number of benzene rings is 1. The van der Waals surface area contributed by atoms with E-state index >= 15 is 0 Å². The molecule has 2 aliphatic rings. The lowest BCUT2D eigenvalue weighted by atomic mass is 9.94. The van der Waals surface area contributed by atoms with E-state index in [-0.39, 0.29) is 30.5 Å². The van der Waals surface area contributed by atoms with Gasteiger partial charge in [0.1, 0.15) is 0 Å². The lowest BCUT2D eigenvalue weighted by Gasteiger charge is -2.34. The Labute approximate surface area is 177 Å². The van der Waals surface area contributed by atoms with Crippen LogP contribution in [0, 0.1) is 5.92 Å². The maximum atomic E-state index is 12.5. The Balaban J connectivity index is 1.62. The summed E-state index contributed by atoms with van der Waals surface area (Å²) in [5, 5.41) is 8.55. The molecule has 1 atom stereocenters. The van der Waals surface area contributed by atoms with Crippen molar-refractivity contribution in [3.8, 4) is 0 Å². The van der Waals surface area contributed by atoms with Gasteiger partial charge in [-0.15, -0.1) is 0 Å². The molecule has 0 aliphatic carbocycles. The number of amides is 3. The first-order valence-electron chi connectivity index (χ1n) is 10.6. The Bertz CT molecular complexity index is 801. The van der Waals surface area contributed by atoms with Crippen molar-refractivity contribution in [2.24, 2.45) is 5.92 Å². The van der Waals surface area contributed by atoms with Gasteiger partial charge in [0.15, 0.2) is 0 Å². The van der Waals surface area contributed by atoms with Crippen molar-refractivity contribution in [1.29, 1.82) is 0 Å². The first kappa shape index (κ1) is 21.8. The Morgan fingerprint density at radius 2 is 1.87 bits per heavy atom. The molecule has 162 valence electrons. The molecule has 8 nitrogen and oxygen atoms in total. The minimum atomic E-state index is -0.399. The summed E-state index contributed by atoms with van der Waals surface area (Å²) in [7, 11) is 0. The molecule has 3 amide bonds. The van der Waals surface area contributed by atoms with Crippen LogP contribution >= 0.6 is 0 Å². The number of ether oxygens (including phenoxy) is 1. The van der Waals surface area contributed by atoms with Crippen LogP contribution in [-0.2, 0) is 14.3 Å². The second-order valence-electron chi connectivity index (χ2n) is 7.58. The molecule has 3 rings (SSSR count). The SMILES string of the molecule is CCOC(=O)C1=C(CN2CCC(C(=O)Nc3ccccc3)CC2)NC(=O)NC1CC. The predicted molar refractivity (Wildman–Crippen MR) is 114 cm³/mol. The fourth-order valence-electron chi connectivity index (χ4n) is 3.93. The van der Waals surface area contributed by atoms with Crippen LogP contribution in [0.15, 0.2) is 41.6 Å². The highest BCUT2D eigenvalue weighted by Gasteiger charge is 2.33. The van der Waals surface area contributed by atoms with Crippen LogP contribution in [0.25, 0.3) is 0 Å². The van der Waals surface area contributed by atoms with Crippen molar-refractivity contribution in [2.45, 2.75) is 39.2 Å². The number of likely N-dealkylation sites (tertiary alicyclic amines) is 1. The zero-order valence-electron chi connectivity index (χ0n) is 17.6. The molecule has 0 saturated carbocycles. The number of hydrogen-bond acceptors (Lipinski definition) is 5. The monoisotopic (exact) mass is 414 g/mol. The molecular weight excluding hydrogens is 384 g/mol. The molecule has 1 unspecified atom stereocenters. The average molecular weight is 415 g/mol. The average Bonchev–Trinajstić information content (AvgIpc) is 2.74. The molecule has 30 heavy (non-hydrogen) atoms. The normalized spacial score (nSPS) is 20.3. The van der Waals surface area contributed by atoms with Gasteiger partial charge in [0.05, 0.1) is 18.2 Å². The van der Waals surface area contributed by atoms with Crippen molar-refractivity contribution in [3.05, 3.63) is 41.6 Å². The molecule has 2 aliphatic heterocycles. The van der Waals surface area contributed by atoms with E-state index in [1.807, 2.05) is 37.3 Å². The highest BCUT2D eigenvalue weighted by Crippen LogP contribution is 2.23. The smallest absolute Gasteiger partial charge is 0.337 e. The summed E-state index contributed by atoms with van der Waals surface area (Å²) < 4.78 is 5.21. The van der Waals surface area contributed by atoms with Crippen molar-refractivity contribution in [1.82, 2.24) is 15.5 Å². The van der Waals surface area contributed by atoms with Gasteiger partial charge in [0.2, 0.25) is 5.91 Å². The molecule has 1 fully saturated rings. The molecule has 1 aromatic rings. The highest BCUT2D eigenvalue weighted by atomic mass is 16.5. The largest absolute Gasteiger partial charge is 0.463 e. The van der Waals surface area contributed by atoms with Crippen molar-refractivity contribution >= 4 is 23.6 Å². The highest BCUT2D eigenvalue weighted by molar-refractivity contribution is 5.95. The number of urea groups is 1. The van der Waals surface area contributed by atoms with Crippen molar-refractivity contribution in [2.75, 3.05) is 31.6 Å². The number of carbonyl (C=O) groups is 3. The number of nitrogens with one attached hydrogen (secondary N) is 3. The van der Waals surface area contributed by atoms with Gasteiger partial charge in [-0.05, 0) is 51.4 Å². The van der Waals surface area contributed by atoms with Crippen LogP contribution in [0.3, 0.4) is 0 Å². The predicted octanol–water partition coefficient (Wildman–Crippen LogP) is 2.25. The van der Waals surface area contributed by atoms with Gasteiger partial charge in [-0.25, -0.2) is 9.59 Å². The van der Waals surface area contributed by atoms with E-state index in [4.69, 9.17) is 4.74 Å². The first-order chi connectivity index (χ1) is 14.5. The summed E-state index contributed by atoms with van der Waals surface area (Å²) in [5.74, 6) is -0.413. The van der Waals surface area contributed by atoms with E-state index in [1.54, 1.807) is 6.92 Å². The Hall–Kier alpha value is -2.87. The number of para-hydroxylation sites is 1. The van der Waals surface area contributed by atoms with Crippen LogP contribution in [0.1, 0.15) is 33.1 Å². The molecule has 0 bridgehead atoms. The van der Waals surface area contributed by atoms with Crippen LogP contribution in [0.2, 0.25) is 0 Å². The van der Waals surface area contributed by atoms with Crippen LogP contribution in [-0.4, -0.2) is 55.1 Å². The Kier molecular flexibility index (Phi) is 7.46. The van der Waals surface area contributed by atoms with Gasteiger partial charge in [-0.3, -0.25) is 9.69 Å². The van der Waals surface area contributed by atoms with Gasteiger partial charge in [0, 0.05) is 23.8 Å². The van der Waals surface area contributed by atoms with Crippen LogP contribution < -0.4 is 16.0 Å². The maximum absolute atomic E-state index is 12.5. The van der Waals surface area contributed by atoms with Gasteiger partial charge in [0.25, 0.3) is 0 Å². The van der Waals surface area contributed by atoms with E-state index in [0.717, 1.165) is 18.5 Å². The number of piperidine rings is 1. The minimum absolute atomic E-state index is 0.0356. The van der Waals surface area contributed by atoms with Crippen LogP contribution in [0.5, 0.6) is 0 Å². The van der Waals surface area contributed by atoms with E-state index in [0.29, 0.717) is 37.3 Å². The van der Waals surface area contributed by atoms with E-state index in [9.17, 15) is 14.4 Å². The first-order valence-corrected chi connectivity index (χ1v) is 10.6. The lowest BCUT2D eigenvalue weighted by Crippen LogP contribution is -2.52.